The molecular weight excluding hydrogens is 336 g/mol. The molecule has 0 saturated carbocycles. The number of aromatic hydroxyl groups is 1. The molecule has 2 aromatic carbocycles. The minimum Gasteiger partial charge on any atom is -0.505 e. The van der Waals surface area contributed by atoms with E-state index >= 15 is 0 Å². The molecule has 136 valence electrons. The fourth-order valence-electron chi connectivity index (χ4n) is 2.74. The lowest BCUT2D eigenvalue weighted by Crippen LogP contribution is -2.22. The van der Waals surface area contributed by atoms with E-state index < -0.39 is 6.09 Å². The molecule has 3 N–H and O–H groups in total. The van der Waals surface area contributed by atoms with Gasteiger partial charge in [0.2, 0.25) is 0 Å². The quantitative estimate of drug-likeness (QED) is 0.478. The number of carbonyl (C=O) groups excluding carboxylic acids is 1. The van der Waals surface area contributed by atoms with Crippen LogP contribution in [0.1, 0.15) is 30.9 Å². The Hall–Kier alpha value is -3.13. The van der Waals surface area contributed by atoms with Crippen molar-refractivity contribution in [3.63, 3.8) is 0 Å². The molecule has 0 aliphatic carbocycles. The molecule has 0 aliphatic heterocycles. The fraction of sp³-hybridized carbons (Fsp3) is 0.278. The van der Waals surface area contributed by atoms with Crippen molar-refractivity contribution in [2.75, 3.05) is 0 Å². The van der Waals surface area contributed by atoms with Crippen molar-refractivity contribution in [2.24, 2.45) is 0 Å². The molecule has 1 amide bonds. The first-order valence-electron chi connectivity index (χ1n) is 8.33. The second-order valence-corrected chi connectivity index (χ2v) is 6.04. The largest absolute Gasteiger partial charge is 0.505 e. The van der Waals surface area contributed by atoms with Crippen molar-refractivity contribution in [3.05, 3.63) is 41.5 Å². The van der Waals surface area contributed by atoms with Crippen LogP contribution in [0, 0.1) is 6.92 Å². The highest BCUT2D eigenvalue weighted by atomic mass is 16.6. The Morgan fingerprint density at radius 2 is 2.00 bits per heavy atom. The first-order chi connectivity index (χ1) is 12.5. The molecule has 1 aromatic heterocycles. The molecule has 0 fully saturated rings. The average molecular weight is 356 g/mol. The lowest BCUT2D eigenvalue weighted by molar-refractivity contribution is 0.127. The van der Waals surface area contributed by atoms with E-state index in [1.165, 1.54) is 16.3 Å². The smallest absolute Gasteiger partial charge is 0.436 e. The van der Waals surface area contributed by atoms with Crippen molar-refractivity contribution >= 4 is 17.1 Å². The maximum Gasteiger partial charge on any atom is 0.436 e. The van der Waals surface area contributed by atoms with Crippen molar-refractivity contribution in [3.8, 4) is 17.2 Å². The van der Waals surface area contributed by atoms with Gasteiger partial charge in [0.15, 0.2) is 0 Å². The number of carbonyl (C=O) groups is 1. The number of phenols is 1. The Labute approximate surface area is 150 Å². The number of hydroxylamine groups is 1. The highest BCUT2D eigenvalue weighted by Gasteiger charge is 2.14. The van der Waals surface area contributed by atoms with Crippen LogP contribution < -0.4 is 10.2 Å². The number of ether oxygens (including phenoxy) is 1. The van der Waals surface area contributed by atoms with E-state index in [0.29, 0.717) is 16.7 Å². The van der Waals surface area contributed by atoms with Gasteiger partial charge in [-0.3, -0.25) is 5.21 Å². The van der Waals surface area contributed by atoms with E-state index in [2.05, 4.69) is 17.1 Å². The average Bonchev–Trinajstić information content (AvgIpc) is 3.05. The predicted octanol–water partition coefficient (Wildman–Crippen LogP) is 3.25. The lowest BCUT2D eigenvalue weighted by atomic mass is 10.0. The summed E-state index contributed by atoms with van der Waals surface area (Å²) in [4.78, 5) is 12.5. The summed E-state index contributed by atoms with van der Waals surface area (Å²) in [6.07, 6.45) is 1.82. The van der Waals surface area contributed by atoms with Gasteiger partial charge in [-0.2, -0.15) is 0 Å². The van der Waals surface area contributed by atoms with Gasteiger partial charge in [0.05, 0.1) is 0 Å². The van der Waals surface area contributed by atoms with Crippen LogP contribution in [-0.2, 0) is 6.42 Å². The number of phenolic OH excluding ortho intramolecular Hbond substituents is 1. The summed E-state index contributed by atoms with van der Waals surface area (Å²) in [5.74, 6) is 0.383. The normalized spacial score (nSPS) is 10.9. The molecule has 0 atom stereocenters. The first kappa shape index (κ1) is 17.7. The van der Waals surface area contributed by atoms with Crippen LogP contribution in [-0.4, -0.2) is 31.4 Å². The Balaban J connectivity index is 2.00. The maximum atomic E-state index is 11.1. The third-order valence-corrected chi connectivity index (χ3v) is 3.98. The number of nitrogens with zero attached hydrogens (tertiary/aromatic N) is 3. The maximum absolute atomic E-state index is 11.1. The minimum absolute atomic E-state index is 0.167. The second-order valence-electron chi connectivity index (χ2n) is 6.04. The number of aryl methyl sites for hydroxylation is 2. The van der Waals surface area contributed by atoms with Crippen LogP contribution in [0.2, 0.25) is 0 Å². The number of hydrogen-bond donors (Lipinski definition) is 3. The van der Waals surface area contributed by atoms with Gasteiger partial charge in [0.1, 0.15) is 28.2 Å². The molecule has 26 heavy (non-hydrogen) atoms. The molecule has 0 aliphatic rings. The molecule has 0 spiro atoms. The van der Waals surface area contributed by atoms with Crippen LogP contribution >= 0.6 is 0 Å². The van der Waals surface area contributed by atoms with Crippen LogP contribution in [0.15, 0.2) is 30.3 Å². The Kier molecular flexibility index (Phi) is 5.04. The number of rotatable bonds is 5. The summed E-state index contributed by atoms with van der Waals surface area (Å²) in [6, 6.07) is 8.50. The van der Waals surface area contributed by atoms with Gasteiger partial charge in [0, 0.05) is 6.07 Å². The topological polar surface area (TPSA) is 110 Å². The number of hydrogen-bond acceptors (Lipinski definition) is 6. The van der Waals surface area contributed by atoms with E-state index in [1.807, 2.05) is 19.1 Å². The van der Waals surface area contributed by atoms with Gasteiger partial charge < -0.3 is 9.84 Å². The Bertz CT molecular complexity index is 952. The molecule has 1 heterocycles. The molecule has 3 rings (SSSR count). The monoisotopic (exact) mass is 356 g/mol. The van der Waals surface area contributed by atoms with E-state index in [1.54, 1.807) is 12.1 Å². The summed E-state index contributed by atoms with van der Waals surface area (Å²) in [5, 5.41) is 27.9. The molecule has 8 nitrogen and oxygen atoms in total. The van der Waals surface area contributed by atoms with Gasteiger partial charge in [0.25, 0.3) is 0 Å². The predicted molar refractivity (Wildman–Crippen MR) is 94.8 cm³/mol. The zero-order valence-corrected chi connectivity index (χ0v) is 14.6. The number of benzene rings is 2. The van der Waals surface area contributed by atoms with Gasteiger partial charge >= 0.3 is 6.09 Å². The summed E-state index contributed by atoms with van der Waals surface area (Å²) in [6.45, 7) is 4.06. The number of amides is 1. The van der Waals surface area contributed by atoms with E-state index in [-0.39, 0.29) is 11.5 Å². The number of nitrogens with one attached hydrogen (secondary N) is 1. The van der Waals surface area contributed by atoms with Crippen molar-refractivity contribution in [1.82, 2.24) is 20.5 Å². The summed E-state index contributed by atoms with van der Waals surface area (Å²) < 4.78 is 4.87. The van der Waals surface area contributed by atoms with E-state index in [4.69, 9.17) is 9.94 Å². The fourth-order valence-corrected chi connectivity index (χ4v) is 2.74. The highest BCUT2D eigenvalue weighted by molar-refractivity contribution is 5.77. The molecule has 3 aromatic rings. The lowest BCUT2D eigenvalue weighted by Gasteiger charge is -2.10. The summed E-state index contributed by atoms with van der Waals surface area (Å²) >= 11 is 0. The summed E-state index contributed by atoms with van der Waals surface area (Å²) in [7, 11) is 0. The second kappa shape index (κ2) is 7.40. The molecule has 8 heteroatoms. The van der Waals surface area contributed by atoms with Gasteiger partial charge in [-0.15, -0.1) is 15.0 Å². The van der Waals surface area contributed by atoms with Crippen molar-refractivity contribution in [2.45, 2.75) is 33.1 Å². The zero-order valence-electron chi connectivity index (χ0n) is 14.6. The number of unbranched alkanes of at least 4 members (excludes halogenated alkanes) is 1. The van der Waals surface area contributed by atoms with Gasteiger partial charge in [-0.1, -0.05) is 19.4 Å². The van der Waals surface area contributed by atoms with Crippen molar-refractivity contribution in [1.29, 1.82) is 0 Å². The minimum atomic E-state index is -0.992. The third kappa shape index (κ3) is 3.60. The summed E-state index contributed by atoms with van der Waals surface area (Å²) in [5.41, 5.74) is 4.84. The third-order valence-electron chi connectivity index (χ3n) is 3.98. The number of fused-ring (bicyclic) bond motifs is 1. The van der Waals surface area contributed by atoms with Crippen molar-refractivity contribution < 1.29 is 19.8 Å². The SMILES string of the molecule is CCCCc1cc(C)cc(-n2nc3ccc(OC(=O)NO)cc3n2)c1O. The van der Waals surface area contributed by atoms with Crippen LogP contribution in [0.5, 0.6) is 11.5 Å². The molecule has 0 saturated heterocycles. The molecule has 0 radical (unpaired) electrons. The number of aromatic nitrogens is 3. The molecule has 0 unspecified atom stereocenters. The van der Waals surface area contributed by atoms with Gasteiger partial charge in [-0.05, 0) is 49.1 Å². The molecule has 0 bridgehead atoms. The Morgan fingerprint density at radius 3 is 2.73 bits per heavy atom. The van der Waals surface area contributed by atoms with Crippen LogP contribution in [0.4, 0.5) is 4.79 Å². The highest BCUT2D eigenvalue weighted by Crippen LogP contribution is 2.29. The Morgan fingerprint density at radius 1 is 1.23 bits per heavy atom. The van der Waals surface area contributed by atoms with Crippen LogP contribution in [0.25, 0.3) is 16.7 Å². The first-order valence-corrected chi connectivity index (χ1v) is 8.33. The van der Waals surface area contributed by atoms with Gasteiger partial charge in [-0.25, -0.2) is 10.3 Å². The van der Waals surface area contributed by atoms with E-state index in [9.17, 15) is 9.90 Å². The zero-order chi connectivity index (χ0) is 18.7. The van der Waals surface area contributed by atoms with E-state index in [0.717, 1.165) is 30.4 Å². The standard InChI is InChI=1S/C18H20N4O4/c1-3-4-5-12-8-11(2)9-16(17(12)23)22-19-14-7-6-13(10-15(14)20-22)26-18(24)21-25/h6-10,23,25H,3-5H2,1-2H3,(H,21,24). The van der Waals surface area contributed by atoms with Crippen LogP contribution in [0.3, 0.4) is 0 Å². The molecular formula is C18H20N4O4.